The second-order valence-corrected chi connectivity index (χ2v) is 6.59. The van der Waals surface area contributed by atoms with E-state index >= 15 is 0 Å². The Morgan fingerprint density at radius 1 is 1.26 bits per heavy atom. The van der Waals surface area contributed by atoms with Gasteiger partial charge in [0.15, 0.2) is 0 Å². The molecule has 2 aromatic rings. The summed E-state index contributed by atoms with van der Waals surface area (Å²) in [5, 5.41) is 2.14. The Kier molecular flexibility index (Phi) is 5.97. The molecule has 0 aliphatic carbocycles. The number of nitrogens with zero attached hydrogens (tertiary/aromatic N) is 1. The average Bonchev–Trinajstić information content (AvgIpc) is 3.26. The number of imide groups is 1. The average molecular weight is 386 g/mol. The van der Waals surface area contributed by atoms with Crippen LogP contribution in [0.25, 0.3) is 6.08 Å². The van der Waals surface area contributed by atoms with Gasteiger partial charge < -0.3 is 14.5 Å². The Hall–Kier alpha value is -3.00. The standard InChI is InChI=1S/C19H18N2O5S/c1-2-25-15-8-4-3-6-13(15)10-16-18(23)21(19(24)27-16)12-17(22)20-11-14-7-5-9-26-14/h3-10H,2,11-12H2,1H3,(H,20,22)/b16-10-. The van der Waals surface area contributed by atoms with Crippen molar-refractivity contribution < 1.29 is 23.5 Å². The number of para-hydroxylation sites is 1. The summed E-state index contributed by atoms with van der Waals surface area (Å²) in [6.07, 6.45) is 3.11. The van der Waals surface area contributed by atoms with E-state index in [-0.39, 0.29) is 18.0 Å². The molecule has 0 bridgehead atoms. The molecule has 7 nitrogen and oxygen atoms in total. The molecule has 0 spiro atoms. The Bertz CT molecular complexity index is 876. The monoisotopic (exact) mass is 386 g/mol. The Labute approximate surface area is 160 Å². The minimum atomic E-state index is -0.496. The molecule has 1 saturated heterocycles. The first-order valence-electron chi connectivity index (χ1n) is 8.34. The highest BCUT2D eigenvalue weighted by molar-refractivity contribution is 8.18. The van der Waals surface area contributed by atoms with Crippen LogP contribution < -0.4 is 10.1 Å². The van der Waals surface area contributed by atoms with Crippen molar-refractivity contribution in [3.05, 3.63) is 58.9 Å². The number of nitrogens with one attached hydrogen (secondary N) is 1. The van der Waals surface area contributed by atoms with Crippen LogP contribution in [-0.4, -0.2) is 35.1 Å². The van der Waals surface area contributed by atoms with Crippen LogP contribution in [-0.2, 0) is 16.1 Å². The number of rotatable bonds is 7. The van der Waals surface area contributed by atoms with E-state index in [1.165, 1.54) is 6.26 Å². The number of thioether (sulfide) groups is 1. The van der Waals surface area contributed by atoms with Gasteiger partial charge in [-0.15, -0.1) is 0 Å². The van der Waals surface area contributed by atoms with E-state index in [4.69, 9.17) is 9.15 Å². The van der Waals surface area contributed by atoms with E-state index in [0.717, 1.165) is 16.7 Å². The molecule has 8 heteroatoms. The van der Waals surface area contributed by atoms with Crippen LogP contribution in [0.5, 0.6) is 5.75 Å². The third kappa shape index (κ3) is 4.59. The summed E-state index contributed by atoms with van der Waals surface area (Å²) < 4.78 is 10.7. The fraction of sp³-hybridized carbons (Fsp3) is 0.211. The van der Waals surface area contributed by atoms with Crippen LogP contribution in [0.3, 0.4) is 0 Å². The number of carbonyl (C=O) groups excluding carboxylic acids is 3. The van der Waals surface area contributed by atoms with Crippen LogP contribution in [0, 0.1) is 0 Å². The van der Waals surface area contributed by atoms with E-state index in [0.29, 0.717) is 23.7 Å². The van der Waals surface area contributed by atoms with Crippen molar-refractivity contribution in [1.29, 1.82) is 0 Å². The van der Waals surface area contributed by atoms with Crippen molar-refractivity contribution in [1.82, 2.24) is 10.2 Å². The zero-order valence-electron chi connectivity index (χ0n) is 14.6. The van der Waals surface area contributed by atoms with Gasteiger partial charge in [0.1, 0.15) is 18.1 Å². The van der Waals surface area contributed by atoms with Gasteiger partial charge in [-0.3, -0.25) is 19.3 Å². The van der Waals surface area contributed by atoms with E-state index in [9.17, 15) is 14.4 Å². The van der Waals surface area contributed by atoms with Crippen molar-refractivity contribution in [2.45, 2.75) is 13.5 Å². The first kappa shape index (κ1) is 18.8. The van der Waals surface area contributed by atoms with Gasteiger partial charge in [-0.25, -0.2) is 0 Å². The minimum absolute atomic E-state index is 0.194. The number of amides is 3. The van der Waals surface area contributed by atoms with Gasteiger partial charge in [0.2, 0.25) is 5.91 Å². The molecule has 1 N–H and O–H groups in total. The predicted octanol–water partition coefficient (Wildman–Crippen LogP) is 3.03. The normalized spacial score (nSPS) is 15.4. The lowest BCUT2D eigenvalue weighted by Gasteiger charge is -2.12. The largest absolute Gasteiger partial charge is 0.493 e. The Balaban J connectivity index is 1.67. The molecule has 1 fully saturated rings. The molecule has 1 aliphatic rings. The van der Waals surface area contributed by atoms with Gasteiger partial charge in [-0.05, 0) is 43.0 Å². The van der Waals surface area contributed by atoms with Gasteiger partial charge in [0.25, 0.3) is 11.1 Å². The van der Waals surface area contributed by atoms with Crippen LogP contribution >= 0.6 is 11.8 Å². The quantitative estimate of drug-likeness (QED) is 0.736. The van der Waals surface area contributed by atoms with E-state index in [1.807, 2.05) is 19.1 Å². The van der Waals surface area contributed by atoms with Crippen molar-refractivity contribution in [3.63, 3.8) is 0 Å². The molecule has 3 amide bonds. The zero-order chi connectivity index (χ0) is 19.2. The summed E-state index contributed by atoms with van der Waals surface area (Å²) in [6.45, 7) is 2.21. The summed E-state index contributed by atoms with van der Waals surface area (Å²) in [5.41, 5.74) is 0.701. The van der Waals surface area contributed by atoms with Gasteiger partial charge in [0, 0.05) is 5.56 Å². The number of ether oxygens (including phenoxy) is 1. The van der Waals surface area contributed by atoms with Crippen LogP contribution in [0.15, 0.2) is 52.0 Å². The summed E-state index contributed by atoms with van der Waals surface area (Å²) in [5.74, 6) is 0.280. The molecule has 1 aromatic heterocycles. The fourth-order valence-corrected chi connectivity index (χ4v) is 3.29. The smallest absolute Gasteiger partial charge is 0.294 e. The van der Waals surface area contributed by atoms with E-state index in [1.54, 1.807) is 30.3 Å². The van der Waals surface area contributed by atoms with Gasteiger partial charge in [0.05, 0.1) is 24.3 Å². The summed E-state index contributed by atoms with van der Waals surface area (Å²) >= 11 is 0.806. The minimum Gasteiger partial charge on any atom is -0.493 e. The predicted molar refractivity (Wildman–Crippen MR) is 101 cm³/mol. The molecular weight excluding hydrogens is 368 g/mol. The lowest BCUT2D eigenvalue weighted by Crippen LogP contribution is -2.39. The Morgan fingerprint density at radius 3 is 2.81 bits per heavy atom. The maximum Gasteiger partial charge on any atom is 0.294 e. The number of benzene rings is 1. The lowest BCUT2D eigenvalue weighted by atomic mass is 10.2. The number of carbonyl (C=O) groups is 3. The highest BCUT2D eigenvalue weighted by Gasteiger charge is 2.36. The number of hydrogen-bond acceptors (Lipinski definition) is 6. The maximum atomic E-state index is 12.5. The SMILES string of the molecule is CCOc1ccccc1/C=C1\SC(=O)N(CC(=O)NCc2ccco2)C1=O. The second kappa shape index (κ2) is 8.59. The van der Waals surface area contributed by atoms with Gasteiger partial charge in [-0.1, -0.05) is 18.2 Å². The molecule has 27 heavy (non-hydrogen) atoms. The number of hydrogen-bond donors (Lipinski definition) is 1. The summed E-state index contributed by atoms with van der Waals surface area (Å²) in [6, 6.07) is 10.7. The van der Waals surface area contributed by atoms with Crippen LogP contribution in [0.1, 0.15) is 18.2 Å². The van der Waals surface area contributed by atoms with Crippen molar-refractivity contribution >= 4 is 34.9 Å². The Morgan fingerprint density at radius 2 is 2.07 bits per heavy atom. The second-order valence-electron chi connectivity index (χ2n) is 5.59. The highest BCUT2D eigenvalue weighted by Crippen LogP contribution is 2.33. The summed E-state index contributed by atoms with van der Waals surface area (Å²) in [4.78, 5) is 37.9. The third-order valence-electron chi connectivity index (χ3n) is 3.72. The van der Waals surface area contributed by atoms with Crippen molar-refractivity contribution in [2.75, 3.05) is 13.2 Å². The summed E-state index contributed by atoms with van der Waals surface area (Å²) in [7, 11) is 0. The molecule has 3 rings (SSSR count). The third-order valence-corrected chi connectivity index (χ3v) is 4.63. The molecule has 140 valence electrons. The molecule has 0 radical (unpaired) electrons. The molecule has 0 unspecified atom stereocenters. The number of furan rings is 1. The lowest BCUT2D eigenvalue weighted by molar-refractivity contribution is -0.129. The molecule has 1 aromatic carbocycles. The first-order chi connectivity index (χ1) is 13.1. The topological polar surface area (TPSA) is 88.8 Å². The van der Waals surface area contributed by atoms with E-state index < -0.39 is 17.1 Å². The van der Waals surface area contributed by atoms with Crippen molar-refractivity contribution in [2.24, 2.45) is 0 Å². The highest BCUT2D eigenvalue weighted by atomic mass is 32.2. The first-order valence-corrected chi connectivity index (χ1v) is 9.16. The molecule has 2 heterocycles. The van der Waals surface area contributed by atoms with Crippen LogP contribution in [0.4, 0.5) is 4.79 Å². The van der Waals surface area contributed by atoms with Crippen molar-refractivity contribution in [3.8, 4) is 5.75 Å². The fourth-order valence-electron chi connectivity index (χ4n) is 2.46. The van der Waals surface area contributed by atoms with Crippen LogP contribution in [0.2, 0.25) is 0 Å². The van der Waals surface area contributed by atoms with Gasteiger partial charge in [-0.2, -0.15) is 0 Å². The van der Waals surface area contributed by atoms with E-state index in [2.05, 4.69) is 5.32 Å². The molecule has 0 atom stereocenters. The molecule has 0 saturated carbocycles. The maximum absolute atomic E-state index is 12.5. The molecular formula is C19H18N2O5S. The zero-order valence-corrected chi connectivity index (χ0v) is 15.5. The molecule has 1 aliphatic heterocycles. The van der Waals surface area contributed by atoms with Gasteiger partial charge >= 0.3 is 0 Å².